The van der Waals surface area contributed by atoms with Crippen molar-refractivity contribution in [1.82, 2.24) is 4.90 Å². The van der Waals surface area contributed by atoms with Crippen LogP contribution in [0.1, 0.15) is 38.7 Å². The Labute approximate surface area is 179 Å². The van der Waals surface area contributed by atoms with Gasteiger partial charge in [0.05, 0.1) is 11.0 Å². The summed E-state index contributed by atoms with van der Waals surface area (Å²) in [5.41, 5.74) is 3.80. The molecule has 0 fully saturated rings. The van der Waals surface area contributed by atoms with Crippen LogP contribution in [0.15, 0.2) is 66.7 Å². The summed E-state index contributed by atoms with van der Waals surface area (Å²) in [7, 11) is 0. The minimum atomic E-state index is -0.525. The number of hydrogen-bond acceptors (Lipinski definition) is 4. The number of amides is 2. The highest BCUT2D eigenvalue weighted by Crippen LogP contribution is 2.37. The third-order valence-electron chi connectivity index (χ3n) is 5.43. The lowest BCUT2D eigenvalue weighted by molar-refractivity contribution is -0.385. The van der Waals surface area contributed by atoms with Crippen LogP contribution in [0.2, 0.25) is 0 Å². The Balaban J connectivity index is 1.88. The van der Waals surface area contributed by atoms with Crippen molar-refractivity contribution in [3.8, 4) is 0 Å². The summed E-state index contributed by atoms with van der Waals surface area (Å²) in [4.78, 5) is 38.6. The summed E-state index contributed by atoms with van der Waals surface area (Å²) in [5.74, 6) is -0.764. The summed E-state index contributed by atoms with van der Waals surface area (Å²) >= 11 is 0. The number of benzene rings is 3. The van der Waals surface area contributed by atoms with E-state index in [1.165, 1.54) is 11.0 Å². The highest BCUT2D eigenvalue weighted by molar-refractivity contribution is 6.01. The van der Waals surface area contributed by atoms with Crippen molar-refractivity contribution >= 4 is 23.2 Å². The Bertz CT molecular complexity index is 1190. The maximum absolute atomic E-state index is 13.6. The average molecular weight is 415 g/mol. The van der Waals surface area contributed by atoms with Crippen molar-refractivity contribution in [3.05, 3.63) is 105 Å². The summed E-state index contributed by atoms with van der Waals surface area (Å²) in [6.07, 6.45) is 0. The largest absolute Gasteiger partial charge is 0.324 e. The molecule has 3 aromatic rings. The molecule has 31 heavy (non-hydrogen) atoms. The molecule has 1 aliphatic rings. The molecule has 0 aromatic heterocycles. The van der Waals surface area contributed by atoms with Crippen LogP contribution in [0.4, 0.5) is 11.4 Å². The fraction of sp³-hybridized carbons (Fsp3) is 0.167. The van der Waals surface area contributed by atoms with E-state index in [0.717, 1.165) is 16.7 Å². The molecule has 0 saturated heterocycles. The SMILES string of the molecule is Cc1ccc2c(c1)C(c1ccccc1)N(C(=O)c1ccc(C)c([N+](=O)[O-])c1)CC(=O)N2. The molecule has 0 saturated carbocycles. The van der Waals surface area contributed by atoms with Gasteiger partial charge in [-0.25, -0.2) is 0 Å². The Morgan fingerprint density at radius 1 is 1.06 bits per heavy atom. The molecule has 0 spiro atoms. The molecule has 1 atom stereocenters. The van der Waals surface area contributed by atoms with Crippen LogP contribution in [-0.2, 0) is 4.79 Å². The summed E-state index contributed by atoms with van der Waals surface area (Å²) in [6, 6.07) is 19.0. The number of nitrogens with one attached hydrogen (secondary N) is 1. The number of nitro benzene ring substituents is 1. The topological polar surface area (TPSA) is 92.6 Å². The van der Waals surface area contributed by atoms with Gasteiger partial charge in [0.2, 0.25) is 5.91 Å². The van der Waals surface area contributed by atoms with Crippen LogP contribution in [0.5, 0.6) is 0 Å². The van der Waals surface area contributed by atoms with Gasteiger partial charge in [-0.2, -0.15) is 0 Å². The van der Waals surface area contributed by atoms with E-state index in [4.69, 9.17) is 0 Å². The number of anilines is 1. The Hall–Kier alpha value is -4.00. The molecule has 1 aliphatic heterocycles. The molecule has 4 rings (SSSR count). The molecule has 1 unspecified atom stereocenters. The van der Waals surface area contributed by atoms with Crippen molar-refractivity contribution in [1.29, 1.82) is 0 Å². The van der Waals surface area contributed by atoms with Crippen molar-refractivity contribution in [2.45, 2.75) is 19.9 Å². The molecular formula is C24H21N3O4. The summed E-state index contributed by atoms with van der Waals surface area (Å²) in [6.45, 7) is 3.40. The van der Waals surface area contributed by atoms with Crippen LogP contribution >= 0.6 is 0 Å². The molecule has 2 amide bonds. The van der Waals surface area contributed by atoms with Crippen LogP contribution < -0.4 is 5.32 Å². The maximum Gasteiger partial charge on any atom is 0.273 e. The Kier molecular flexibility index (Phi) is 5.25. The number of rotatable bonds is 3. The van der Waals surface area contributed by atoms with Crippen LogP contribution in [-0.4, -0.2) is 28.2 Å². The molecule has 7 nitrogen and oxygen atoms in total. The number of nitrogens with zero attached hydrogens (tertiary/aromatic N) is 2. The van der Waals surface area contributed by atoms with E-state index in [9.17, 15) is 19.7 Å². The fourth-order valence-corrected chi connectivity index (χ4v) is 3.91. The predicted octanol–water partition coefficient (Wildman–Crippen LogP) is 4.40. The highest BCUT2D eigenvalue weighted by atomic mass is 16.6. The zero-order chi connectivity index (χ0) is 22.1. The minimum Gasteiger partial charge on any atom is -0.324 e. The lowest BCUT2D eigenvalue weighted by Gasteiger charge is -2.31. The van der Waals surface area contributed by atoms with Crippen molar-refractivity contribution in [2.75, 3.05) is 11.9 Å². The van der Waals surface area contributed by atoms with E-state index in [0.29, 0.717) is 11.3 Å². The molecule has 0 radical (unpaired) electrons. The molecule has 1 N–H and O–H groups in total. The molecule has 3 aromatic carbocycles. The molecule has 156 valence electrons. The monoisotopic (exact) mass is 415 g/mol. The van der Waals surface area contributed by atoms with Gasteiger partial charge in [-0.05, 0) is 31.5 Å². The maximum atomic E-state index is 13.6. The molecule has 1 heterocycles. The lowest BCUT2D eigenvalue weighted by Crippen LogP contribution is -2.39. The van der Waals surface area contributed by atoms with Gasteiger partial charge in [0.1, 0.15) is 6.54 Å². The van der Waals surface area contributed by atoms with Gasteiger partial charge in [0.15, 0.2) is 0 Å². The van der Waals surface area contributed by atoms with E-state index < -0.39 is 16.9 Å². The second-order valence-electron chi connectivity index (χ2n) is 7.64. The highest BCUT2D eigenvalue weighted by Gasteiger charge is 2.34. The zero-order valence-electron chi connectivity index (χ0n) is 17.2. The Morgan fingerprint density at radius 3 is 2.52 bits per heavy atom. The van der Waals surface area contributed by atoms with Crippen LogP contribution in [0, 0.1) is 24.0 Å². The number of hydrogen-bond donors (Lipinski definition) is 1. The normalized spacial score (nSPS) is 15.6. The van der Waals surface area contributed by atoms with E-state index in [1.54, 1.807) is 19.1 Å². The second-order valence-corrected chi connectivity index (χ2v) is 7.64. The van der Waals surface area contributed by atoms with E-state index in [1.807, 2.05) is 55.5 Å². The van der Waals surface area contributed by atoms with Gasteiger partial charge in [0.25, 0.3) is 11.6 Å². The van der Waals surface area contributed by atoms with Crippen molar-refractivity contribution in [3.63, 3.8) is 0 Å². The summed E-state index contributed by atoms with van der Waals surface area (Å²) in [5, 5.41) is 14.3. The smallest absolute Gasteiger partial charge is 0.273 e. The van der Waals surface area contributed by atoms with Crippen molar-refractivity contribution in [2.24, 2.45) is 0 Å². The first kappa shape index (κ1) is 20.3. The molecular weight excluding hydrogens is 394 g/mol. The fourth-order valence-electron chi connectivity index (χ4n) is 3.91. The molecule has 0 bridgehead atoms. The summed E-state index contributed by atoms with van der Waals surface area (Å²) < 4.78 is 0. The first-order chi connectivity index (χ1) is 14.8. The standard InChI is InChI=1S/C24H21N3O4/c1-15-8-11-20-19(12-15)23(17-6-4-3-5-7-17)26(14-22(28)25-20)24(29)18-10-9-16(2)21(13-18)27(30)31/h3-13,23H,14H2,1-2H3,(H,25,28). The van der Waals surface area contributed by atoms with Gasteiger partial charge in [0, 0.05) is 28.4 Å². The number of carbonyl (C=O) groups is 2. The van der Waals surface area contributed by atoms with E-state index >= 15 is 0 Å². The predicted molar refractivity (Wildman–Crippen MR) is 117 cm³/mol. The van der Waals surface area contributed by atoms with Gasteiger partial charge in [-0.3, -0.25) is 19.7 Å². The first-order valence-corrected chi connectivity index (χ1v) is 9.86. The third kappa shape index (κ3) is 3.90. The minimum absolute atomic E-state index is 0.127. The third-order valence-corrected chi connectivity index (χ3v) is 5.43. The average Bonchev–Trinajstić information content (AvgIpc) is 2.89. The van der Waals surface area contributed by atoms with Crippen molar-refractivity contribution < 1.29 is 14.5 Å². The zero-order valence-corrected chi connectivity index (χ0v) is 17.2. The van der Waals surface area contributed by atoms with Gasteiger partial charge >= 0.3 is 0 Å². The number of nitro groups is 1. The van der Waals surface area contributed by atoms with Crippen LogP contribution in [0.25, 0.3) is 0 Å². The quantitative estimate of drug-likeness (QED) is 0.507. The first-order valence-electron chi connectivity index (χ1n) is 9.86. The molecule has 7 heteroatoms. The van der Waals surface area contributed by atoms with Gasteiger partial charge in [-0.15, -0.1) is 0 Å². The van der Waals surface area contributed by atoms with E-state index in [-0.39, 0.29) is 23.7 Å². The molecule has 0 aliphatic carbocycles. The van der Waals surface area contributed by atoms with Gasteiger partial charge < -0.3 is 10.2 Å². The number of aryl methyl sites for hydroxylation is 2. The van der Waals surface area contributed by atoms with Crippen LogP contribution in [0.3, 0.4) is 0 Å². The lowest BCUT2D eigenvalue weighted by atomic mass is 9.94. The second kappa shape index (κ2) is 8.02. The number of carbonyl (C=O) groups excluding carboxylic acids is 2. The number of fused-ring (bicyclic) bond motifs is 1. The Morgan fingerprint density at radius 2 is 1.81 bits per heavy atom. The van der Waals surface area contributed by atoms with Gasteiger partial charge in [-0.1, -0.05) is 54.1 Å². The van der Waals surface area contributed by atoms with E-state index in [2.05, 4.69) is 5.32 Å².